The summed E-state index contributed by atoms with van der Waals surface area (Å²) in [7, 11) is 0. The van der Waals surface area contributed by atoms with E-state index in [2.05, 4.69) is 21.2 Å². The molecule has 1 aliphatic heterocycles. The number of carbonyl (C=O) groups is 4. The van der Waals surface area contributed by atoms with Gasteiger partial charge in [-0.2, -0.15) is 0 Å². The molecule has 1 aromatic heterocycles. The number of rotatable bonds is 5. The van der Waals surface area contributed by atoms with E-state index in [1.165, 1.54) is 6.07 Å². The first-order chi connectivity index (χ1) is 13.0. The molecule has 154 valence electrons. The zero-order valence-corrected chi connectivity index (χ0v) is 16.3. The van der Waals surface area contributed by atoms with Gasteiger partial charge < -0.3 is 19.9 Å². The number of aryl methyl sites for hydroxylation is 1. The Hall–Kier alpha value is -3.11. The third kappa shape index (κ3) is 6.25. The summed E-state index contributed by atoms with van der Waals surface area (Å²) in [6.45, 7) is 6.76. The van der Waals surface area contributed by atoms with Crippen molar-refractivity contribution < 1.29 is 28.4 Å². The van der Waals surface area contributed by atoms with Crippen LogP contribution in [-0.4, -0.2) is 59.2 Å². The minimum Gasteiger partial charge on any atom is -0.442 e. The van der Waals surface area contributed by atoms with Crippen LogP contribution >= 0.6 is 0 Å². The average Bonchev–Trinajstić information content (AvgIpc) is 3.19. The SMILES string of the molecule is Cc1cc(C(=O)NCC(=O)NN(C[C@@H]2CCNC2=O)C(=O)OC(C)(C)C)no1. The van der Waals surface area contributed by atoms with Crippen LogP contribution in [-0.2, 0) is 14.3 Å². The van der Waals surface area contributed by atoms with E-state index in [9.17, 15) is 19.2 Å². The molecule has 3 N–H and O–H groups in total. The van der Waals surface area contributed by atoms with Gasteiger partial charge in [0.15, 0.2) is 5.69 Å². The van der Waals surface area contributed by atoms with Gasteiger partial charge in [0.25, 0.3) is 11.8 Å². The lowest BCUT2D eigenvalue weighted by Gasteiger charge is -2.28. The highest BCUT2D eigenvalue weighted by atomic mass is 16.6. The number of ether oxygens (including phenoxy) is 1. The molecule has 0 saturated carbocycles. The maximum atomic E-state index is 12.4. The van der Waals surface area contributed by atoms with E-state index >= 15 is 0 Å². The molecule has 1 aromatic rings. The smallest absolute Gasteiger partial charge is 0.429 e. The second-order valence-electron chi connectivity index (χ2n) is 7.41. The van der Waals surface area contributed by atoms with E-state index in [1.807, 2.05) is 0 Å². The molecule has 1 aliphatic rings. The van der Waals surface area contributed by atoms with Crippen molar-refractivity contribution in [2.75, 3.05) is 19.6 Å². The summed E-state index contributed by atoms with van der Waals surface area (Å²) in [5, 5.41) is 9.55. The number of nitrogens with zero attached hydrogens (tertiary/aromatic N) is 2. The van der Waals surface area contributed by atoms with Crippen molar-refractivity contribution in [3.05, 3.63) is 17.5 Å². The number of nitrogens with one attached hydrogen (secondary N) is 3. The highest BCUT2D eigenvalue weighted by Gasteiger charge is 2.31. The van der Waals surface area contributed by atoms with E-state index in [1.54, 1.807) is 27.7 Å². The molecule has 11 nitrogen and oxygen atoms in total. The highest BCUT2D eigenvalue weighted by Crippen LogP contribution is 2.14. The topological polar surface area (TPSA) is 143 Å². The molecule has 0 aliphatic carbocycles. The third-order valence-electron chi connectivity index (χ3n) is 3.71. The van der Waals surface area contributed by atoms with Crippen LogP contribution in [0.4, 0.5) is 4.79 Å². The van der Waals surface area contributed by atoms with Gasteiger partial charge in [0.2, 0.25) is 5.91 Å². The molecule has 0 aromatic carbocycles. The van der Waals surface area contributed by atoms with Crippen LogP contribution in [0.1, 0.15) is 43.4 Å². The number of hydrogen-bond acceptors (Lipinski definition) is 7. The van der Waals surface area contributed by atoms with Crippen molar-refractivity contribution in [1.29, 1.82) is 0 Å². The van der Waals surface area contributed by atoms with E-state index in [0.717, 1.165) is 5.01 Å². The fourth-order valence-corrected chi connectivity index (χ4v) is 2.44. The Morgan fingerprint density at radius 1 is 1.39 bits per heavy atom. The molecule has 11 heteroatoms. The minimum absolute atomic E-state index is 0.0388. The molecule has 0 bridgehead atoms. The van der Waals surface area contributed by atoms with Gasteiger partial charge in [0.05, 0.1) is 19.0 Å². The van der Waals surface area contributed by atoms with Crippen molar-refractivity contribution in [3.63, 3.8) is 0 Å². The Kier molecular flexibility index (Phi) is 6.60. The van der Waals surface area contributed by atoms with E-state index < -0.39 is 36.0 Å². The summed E-state index contributed by atoms with van der Waals surface area (Å²) in [5.41, 5.74) is 1.64. The largest absolute Gasteiger partial charge is 0.442 e. The lowest BCUT2D eigenvalue weighted by Crippen LogP contribution is -2.53. The van der Waals surface area contributed by atoms with Crippen molar-refractivity contribution in [1.82, 2.24) is 26.2 Å². The molecule has 1 saturated heterocycles. The molecule has 0 radical (unpaired) electrons. The van der Waals surface area contributed by atoms with Gasteiger partial charge in [-0.15, -0.1) is 0 Å². The molecule has 1 atom stereocenters. The molecule has 1 fully saturated rings. The average molecular weight is 395 g/mol. The molecule has 0 spiro atoms. The van der Waals surface area contributed by atoms with Crippen LogP contribution in [0.3, 0.4) is 0 Å². The van der Waals surface area contributed by atoms with Crippen LogP contribution in [0.25, 0.3) is 0 Å². The number of carbonyl (C=O) groups excluding carboxylic acids is 4. The van der Waals surface area contributed by atoms with Gasteiger partial charge in [0, 0.05) is 12.6 Å². The fraction of sp³-hybridized carbons (Fsp3) is 0.588. The first kappa shape index (κ1) is 21.2. The third-order valence-corrected chi connectivity index (χ3v) is 3.71. The number of hydrogen-bond donors (Lipinski definition) is 3. The van der Waals surface area contributed by atoms with Crippen LogP contribution in [0.5, 0.6) is 0 Å². The predicted molar refractivity (Wildman–Crippen MR) is 95.8 cm³/mol. The number of hydrazine groups is 1. The Bertz CT molecular complexity index is 753. The van der Waals surface area contributed by atoms with Gasteiger partial charge in [-0.1, -0.05) is 5.16 Å². The maximum absolute atomic E-state index is 12.4. The Morgan fingerprint density at radius 3 is 2.64 bits per heavy atom. The predicted octanol–water partition coefficient (Wildman–Crippen LogP) is 0.117. The summed E-state index contributed by atoms with van der Waals surface area (Å²) < 4.78 is 10.1. The molecule has 28 heavy (non-hydrogen) atoms. The van der Waals surface area contributed by atoms with Gasteiger partial charge >= 0.3 is 6.09 Å². The second-order valence-corrected chi connectivity index (χ2v) is 7.41. The normalized spacial score (nSPS) is 16.3. The molecular weight excluding hydrogens is 370 g/mol. The van der Waals surface area contributed by atoms with Crippen molar-refractivity contribution in [3.8, 4) is 0 Å². The summed E-state index contributed by atoms with van der Waals surface area (Å²) in [6, 6.07) is 1.43. The zero-order chi connectivity index (χ0) is 20.9. The van der Waals surface area contributed by atoms with Crippen molar-refractivity contribution >= 4 is 23.8 Å². The first-order valence-corrected chi connectivity index (χ1v) is 8.84. The zero-order valence-electron chi connectivity index (χ0n) is 16.3. The quantitative estimate of drug-likeness (QED) is 0.601. The van der Waals surface area contributed by atoms with Gasteiger partial charge in [-0.3, -0.25) is 19.8 Å². The van der Waals surface area contributed by atoms with E-state index in [4.69, 9.17) is 9.26 Å². The summed E-state index contributed by atoms with van der Waals surface area (Å²) in [4.78, 5) is 48.3. The summed E-state index contributed by atoms with van der Waals surface area (Å²) in [5.74, 6) is -1.44. The van der Waals surface area contributed by atoms with Crippen LogP contribution in [0, 0.1) is 12.8 Å². The van der Waals surface area contributed by atoms with Crippen LogP contribution in [0.2, 0.25) is 0 Å². The Balaban J connectivity index is 1.95. The van der Waals surface area contributed by atoms with Gasteiger partial charge in [0.1, 0.15) is 11.4 Å². The van der Waals surface area contributed by atoms with Crippen LogP contribution in [0.15, 0.2) is 10.6 Å². The minimum atomic E-state index is -0.793. The Labute approximate surface area is 162 Å². The standard InChI is InChI=1S/C17H25N5O6/c1-10-7-12(21-28-10)15(25)19-8-13(23)20-22(16(26)27-17(2,3)4)9-11-5-6-18-14(11)24/h7,11H,5-6,8-9H2,1-4H3,(H,18,24)(H,19,25)(H,20,23)/t11-/m0/s1. The summed E-state index contributed by atoms with van der Waals surface area (Å²) in [6.07, 6.45) is -0.255. The van der Waals surface area contributed by atoms with E-state index in [0.29, 0.717) is 18.7 Å². The lowest BCUT2D eigenvalue weighted by molar-refractivity contribution is -0.127. The molecular formula is C17H25N5O6. The lowest BCUT2D eigenvalue weighted by atomic mass is 10.1. The first-order valence-electron chi connectivity index (χ1n) is 8.84. The Morgan fingerprint density at radius 2 is 2.11 bits per heavy atom. The highest BCUT2D eigenvalue weighted by molar-refractivity contribution is 5.95. The van der Waals surface area contributed by atoms with Crippen LogP contribution < -0.4 is 16.1 Å². The van der Waals surface area contributed by atoms with E-state index in [-0.39, 0.29) is 18.1 Å². The number of aromatic nitrogens is 1. The van der Waals surface area contributed by atoms with Crippen molar-refractivity contribution in [2.45, 2.75) is 39.7 Å². The second kappa shape index (κ2) is 8.72. The van der Waals surface area contributed by atoms with Crippen molar-refractivity contribution in [2.24, 2.45) is 5.92 Å². The van der Waals surface area contributed by atoms with Gasteiger partial charge in [-0.05, 0) is 34.1 Å². The number of amides is 4. The maximum Gasteiger partial charge on any atom is 0.429 e. The fourth-order valence-electron chi connectivity index (χ4n) is 2.44. The monoisotopic (exact) mass is 395 g/mol. The molecule has 0 unspecified atom stereocenters. The van der Waals surface area contributed by atoms with Gasteiger partial charge in [-0.25, -0.2) is 9.80 Å². The molecule has 4 amide bonds. The molecule has 2 heterocycles. The summed E-state index contributed by atoms with van der Waals surface area (Å²) >= 11 is 0. The molecule has 2 rings (SSSR count).